The zero-order valence-corrected chi connectivity index (χ0v) is 14.4. The predicted molar refractivity (Wildman–Crippen MR) is 93.3 cm³/mol. The highest BCUT2D eigenvalue weighted by Gasteiger charge is 2.44. The molecule has 0 bridgehead atoms. The lowest BCUT2D eigenvalue weighted by atomic mass is 9.77. The van der Waals surface area contributed by atoms with Crippen LogP contribution in [0.2, 0.25) is 0 Å². The number of aliphatic carboxylic acids is 1. The number of carbonyl (C=O) groups excluding carboxylic acids is 1. The summed E-state index contributed by atoms with van der Waals surface area (Å²) in [6.07, 6.45) is 5.08. The third-order valence-electron chi connectivity index (χ3n) is 4.83. The Morgan fingerprint density at radius 2 is 2.08 bits per heavy atom. The number of carbonyl (C=O) groups is 2. The normalized spacial score (nSPS) is 24.0. The minimum atomic E-state index is -0.800. The molecule has 3 atom stereocenters. The number of rotatable bonds is 11. The molecule has 1 heterocycles. The Balaban J connectivity index is 2.85. The van der Waals surface area contributed by atoms with Gasteiger partial charge in [-0.05, 0) is 25.7 Å². The molecule has 1 amide bonds. The van der Waals surface area contributed by atoms with Crippen molar-refractivity contribution in [3.8, 4) is 0 Å². The van der Waals surface area contributed by atoms with Gasteiger partial charge < -0.3 is 32.9 Å². The number of hydrogen-bond donors (Lipinski definition) is 6. The Bertz CT molecular complexity index is 407. The zero-order chi connectivity index (χ0) is 18.0. The number of carboxylic acids is 1. The van der Waals surface area contributed by atoms with E-state index < -0.39 is 11.5 Å². The van der Waals surface area contributed by atoms with Gasteiger partial charge in [-0.1, -0.05) is 12.8 Å². The summed E-state index contributed by atoms with van der Waals surface area (Å²) < 4.78 is 0. The van der Waals surface area contributed by atoms with Crippen LogP contribution in [0.4, 0.5) is 0 Å². The molecule has 8 heteroatoms. The molecule has 0 aromatic heterocycles. The van der Waals surface area contributed by atoms with Crippen LogP contribution < -0.4 is 27.8 Å². The average Bonchev–Trinajstić information content (AvgIpc) is 2.74. The summed E-state index contributed by atoms with van der Waals surface area (Å²) in [5, 5.41) is 15.2. The molecule has 1 aliphatic heterocycles. The maximum Gasteiger partial charge on any atom is 0.303 e. The van der Waals surface area contributed by atoms with Crippen LogP contribution in [-0.2, 0) is 9.59 Å². The van der Waals surface area contributed by atoms with Gasteiger partial charge in [-0.3, -0.25) is 9.59 Å². The molecule has 8 nitrogen and oxygen atoms in total. The van der Waals surface area contributed by atoms with Gasteiger partial charge in [0.2, 0.25) is 5.91 Å². The number of amides is 1. The highest BCUT2D eigenvalue weighted by Crippen LogP contribution is 2.28. The van der Waals surface area contributed by atoms with Gasteiger partial charge in [-0.25, -0.2) is 0 Å². The van der Waals surface area contributed by atoms with E-state index in [2.05, 4.69) is 10.6 Å². The van der Waals surface area contributed by atoms with E-state index >= 15 is 0 Å². The van der Waals surface area contributed by atoms with Crippen molar-refractivity contribution in [3.05, 3.63) is 0 Å². The first-order valence-electron chi connectivity index (χ1n) is 8.88. The van der Waals surface area contributed by atoms with Gasteiger partial charge in [0.05, 0.1) is 5.54 Å². The van der Waals surface area contributed by atoms with Crippen LogP contribution in [0.5, 0.6) is 0 Å². The molecule has 0 radical (unpaired) electrons. The molecule has 24 heavy (non-hydrogen) atoms. The van der Waals surface area contributed by atoms with Crippen LogP contribution in [0.15, 0.2) is 0 Å². The molecule has 9 N–H and O–H groups in total. The van der Waals surface area contributed by atoms with E-state index in [9.17, 15) is 9.59 Å². The predicted octanol–water partition coefficient (Wildman–Crippen LogP) is -0.737. The summed E-state index contributed by atoms with van der Waals surface area (Å²) in [6, 6.07) is -0.440. The van der Waals surface area contributed by atoms with E-state index in [4.69, 9.17) is 22.3 Å². The summed E-state index contributed by atoms with van der Waals surface area (Å²) in [4.78, 5) is 22.8. The van der Waals surface area contributed by atoms with Gasteiger partial charge in [-0.2, -0.15) is 0 Å². The van der Waals surface area contributed by atoms with Gasteiger partial charge in [-0.15, -0.1) is 0 Å². The van der Waals surface area contributed by atoms with Crippen LogP contribution in [-0.4, -0.2) is 54.2 Å². The number of hydrogen-bond acceptors (Lipinski definition) is 6. The molecule has 0 saturated carbocycles. The number of unbranched alkanes of at least 4 members (excludes halogenated alkanes) is 1. The standard InChI is InChI=1S/C16H33N5O3/c17-9-10-20-13(11-18)16(8-4-3-6-14(22)21-16)12(19)5-1-2-7-15(23)24/h12-13,20H,1-11,17-19H2,(H,21,22)(H,23,24). The maximum atomic E-state index is 12.2. The Hall–Kier alpha value is -1.22. The number of nitrogens with one attached hydrogen (secondary N) is 2. The highest BCUT2D eigenvalue weighted by molar-refractivity contribution is 5.77. The fourth-order valence-corrected chi connectivity index (χ4v) is 3.52. The van der Waals surface area contributed by atoms with Crippen molar-refractivity contribution >= 4 is 11.9 Å². The second-order valence-electron chi connectivity index (χ2n) is 6.57. The Kier molecular flexibility index (Phi) is 9.20. The first-order chi connectivity index (χ1) is 11.5. The molecule has 0 spiro atoms. The molecule has 1 saturated heterocycles. The second kappa shape index (κ2) is 10.6. The van der Waals surface area contributed by atoms with Crippen LogP contribution in [0.3, 0.4) is 0 Å². The van der Waals surface area contributed by atoms with Gasteiger partial charge >= 0.3 is 5.97 Å². The average molecular weight is 343 g/mol. The minimum absolute atomic E-state index is 0.00137. The lowest BCUT2D eigenvalue weighted by Crippen LogP contribution is -2.71. The summed E-state index contributed by atoms with van der Waals surface area (Å²) in [5.41, 5.74) is 17.4. The first kappa shape index (κ1) is 20.8. The van der Waals surface area contributed by atoms with Gasteiger partial charge in [0.1, 0.15) is 0 Å². The van der Waals surface area contributed by atoms with E-state index in [0.29, 0.717) is 45.3 Å². The minimum Gasteiger partial charge on any atom is -0.481 e. The fourth-order valence-electron chi connectivity index (χ4n) is 3.52. The summed E-state index contributed by atoms with van der Waals surface area (Å²) in [6.45, 7) is 1.43. The van der Waals surface area contributed by atoms with Crippen molar-refractivity contribution in [3.63, 3.8) is 0 Å². The van der Waals surface area contributed by atoms with E-state index in [1.54, 1.807) is 0 Å². The van der Waals surface area contributed by atoms with E-state index in [0.717, 1.165) is 19.3 Å². The van der Waals surface area contributed by atoms with Crippen molar-refractivity contribution in [2.75, 3.05) is 19.6 Å². The van der Waals surface area contributed by atoms with E-state index in [1.807, 2.05) is 0 Å². The monoisotopic (exact) mass is 343 g/mol. The topological polar surface area (TPSA) is 156 Å². The van der Waals surface area contributed by atoms with Crippen LogP contribution >= 0.6 is 0 Å². The second-order valence-corrected chi connectivity index (χ2v) is 6.57. The van der Waals surface area contributed by atoms with Gasteiger partial charge in [0.25, 0.3) is 0 Å². The number of nitrogens with two attached hydrogens (primary N) is 3. The quantitative estimate of drug-likeness (QED) is 0.270. The van der Waals surface area contributed by atoms with Crippen molar-refractivity contribution in [1.82, 2.24) is 10.6 Å². The van der Waals surface area contributed by atoms with Crippen molar-refractivity contribution in [1.29, 1.82) is 0 Å². The smallest absolute Gasteiger partial charge is 0.303 e. The maximum absolute atomic E-state index is 12.2. The lowest BCUT2D eigenvalue weighted by Gasteiger charge is -2.45. The third kappa shape index (κ3) is 6.01. The first-order valence-corrected chi connectivity index (χ1v) is 8.88. The third-order valence-corrected chi connectivity index (χ3v) is 4.83. The van der Waals surface area contributed by atoms with Crippen molar-refractivity contribution in [2.45, 2.75) is 69.0 Å². The van der Waals surface area contributed by atoms with Crippen molar-refractivity contribution in [2.24, 2.45) is 17.2 Å². The Morgan fingerprint density at radius 3 is 2.71 bits per heavy atom. The summed E-state index contributed by atoms with van der Waals surface area (Å²) in [7, 11) is 0. The Morgan fingerprint density at radius 1 is 1.33 bits per heavy atom. The molecule has 0 aromatic carbocycles. The van der Waals surface area contributed by atoms with E-state index in [1.165, 1.54) is 0 Å². The highest BCUT2D eigenvalue weighted by atomic mass is 16.4. The molecule has 0 aliphatic carbocycles. The van der Waals surface area contributed by atoms with Gasteiger partial charge in [0.15, 0.2) is 0 Å². The molecular weight excluding hydrogens is 310 g/mol. The van der Waals surface area contributed by atoms with Crippen molar-refractivity contribution < 1.29 is 14.7 Å². The van der Waals surface area contributed by atoms with Gasteiger partial charge in [0, 0.05) is 44.6 Å². The summed E-state index contributed by atoms with van der Waals surface area (Å²) in [5.74, 6) is -0.799. The molecule has 1 fully saturated rings. The lowest BCUT2D eigenvalue weighted by molar-refractivity contribution is -0.137. The fraction of sp³-hybridized carbons (Fsp3) is 0.875. The van der Waals surface area contributed by atoms with Crippen LogP contribution in [0.1, 0.15) is 51.4 Å². The molecule has 0 aromatic rings. The largest absolute Gasteiger partial charge is 0.481 e. The number of carboxylic acid groups (broad SMARTS) is 1. The molecular formula is C16H33N5O3. The van der Waals surface area contributed by atoms with Crippen LogP contribution in [0.25, 0.3) is 0 Å². The Labute approximate surface area is 143 Å². The molecule has 3 unspecified atom stereocenters. The van der Waals surface area contributed by atoms with E-state index in [-0.39, 0.29) is 24.4 Å². The summed E-state index contributed by atoms with van der Waals surface area (Å²) >= 11 is 0. The zero-order valence-electron chi connectivity index (χ0n) is 14.4. The molecule has 140 valence electrons. The van der Waals surface area contributed by atoms with Crippen LogP contribution in [0, 0.1) is 0 Å². The molecule has 1 rings (SSSR count). The molecule has 1 aliphatic rings. The SMILES string of the molecule is NCCNC(CN)C1(C(N)CCCCC(=O)O)CCCCC(=O)N1.